The van der Waals surface area contributed by atoms with Gasteiger partial charge in [-0.3, -0.25) is 0 Å². The average molecular weight is 270 g/mol. The van der Waals surface area contributed by atoms with Crippen LogP contribution >= 0.6 is 12.2 Å². The molecule has 2 nitrogen and oxygen atoms in total. The summed E-state index contributed by atoms with van der Waals surface area (Å²) in [6, 6.07) is 2.42. The van der Waals surface area contributed by atoms with Gasteiger partial charge in [0.25, 0.3) is 0 Å². The molecule has 5 heteroatoms. The molecule has 18 heavy (non-hydrogen) atoms. The largest absolute Gasteiger partial charge is 0.389 e. The zero-order valence-corrected chi connectivity index (χ0v) is 11.1. The summed E-state index contributed by atoms with van der Waals surface area (Å²) >= 11 is 4.73. The number of halogens is 2. The van der Waals surface area contributed by atoms with E-state index in [-0.39, 0.29) is 16.2 Å². The van der Waals surface area contributed by atoms with Gasteiger partial charge in [-0.1, -0.05) is 25.6 Å². The summed E-state index contributed by atoms with van der Waals surface area (Å²) in [4.78, 5) is 1.77. The van der Waals surface area contributed by atoms with Gasteiger partial charge in [0.2, 0.25) is 0 Å². The first-order valence-electron chi connectivity index (χ1n) is 6.06. The number of nitrogens with zero attached hydrogens (tertiary/aromatic N) is 1. The van der Waals surface area contributed by atoms with Crippen LogP contribution in [0.2, 0.25) is 0 Å². The molecule has 1 fully saturated rings. The SMILES string of the molecule is CCC1CCN(c2c(F)cc(C(N)=S)cc2F)C1. The minimum atomic E-state index is -0.588. The van der Waals surface area contributed by atoms with Gasteiger partial charge in [-0.2, -0.15) is 0 Å². The van der Waals surface area contributed by atoms with Gasteiger partial charge >= 0.3 is 0 Å². The molecule has 1 unspecified atom stereocenters. The van der Waals surface area contributed by atoms with Crippen molar-refractivity contribution >= 4 is 22.9 Å². The number of anilines is 1. The molecule has 0 aliphatic carbocycles. The van der Waals surface area contributed by atoms with E-state index < -0.39 is 11.6 Å². The Morgan fingerprint density at radius 3 is 2.50 bits per heavy atom. The first-order chi connectivity index (χ1) is 8.52. The molecule has 1 aliphatic rings. The fraction of sp³-hybridized carbons (Fsp3) is 0.462. The minimum absolute atomic E-state index is 0.00667. The normalized spacial score (nSPS) is 19.3. The topological polar surface area (TPSA) is 29.3 Å². The van der Waals surface area contributed by atoms with E-state index in [0.29, 0.717) is 19.0 Å². The van der Waals surface area contributed by atoms with E-state index >= 15 is 0 Å². The summed E-state index contributed by atoms with van der Waals surface area (Å²) in [5.41, 5.74) is 5.66. The highest BCUT2D eigenvalue weighted by Gasteiger charge is 2.26. The lowest BCUT2D eigenvalue weighted by Crippen LogP contribution is -2.23. The zero-order valence-electron chi connectivity index (χ0n) is 10.2. The van der Waals surface area contributed by atoms with Gasteiger partial charge in [-0.05, 0) is 24.5 Å². The van der Waals surface area contributed by atoms with Gasteiger partial charge in [-0.15, -0.1) is 0 Å². The Morgan fingerprint density at radius 2 is 2.06 bits per heavy atom. The van der Waals surface area contributed by atoms with Crippen molar-refractivity contribution in [1.29, 1.82) is 0 Å². The lowest BCUT2D eigenvalue weighted by atomic mass is 10.1. The third kappa shape index (κ3) is 2.46. The number of benzene rings is 1. The standard InChI is InChI=1S/C13H16F2N2S/c1-2-8-3-4-17(7-8)12-10(14)5-9(13(16)18)6-11(12)15/h5-6,8H,2-4,7H2,1H3,(H2,16,18). The third-order valence-corrected chi connectivity index (χ3v) is 3.72. The van der Waals surface area contributed by atoms with E-state index in [9.17, 15) is 8.78 Å². The number of thiocarbonyl (C=S) groups is 1. The van der Waals surface area contributed by atoms with E-state index in [2.05, 4.69) is 6.92 Å². The highest BCUT2D eigenvalue weighted by atomic mass is 32.1. The molecule has 1 aromatic carbocycles. The molecule has 1 saturated heterocycles. The molecule has 2 N–H and O–H groups in total. The van der Waals surface area contributed by atoms with E-state index in [1.54, 1.807) is 4.90 Å². The minimum Gasteiger partial charge on any atom is -0.389 e. The van der Waals surface area contributed by atoms with Crippen LogP contribution in [0.15, 0.2) is 12.1 Å². The van der Waals surface area contributed by atoms with Crippen molar-refractivity contribution in [2.75, 3.05) is 18.0 Å². The van der Waals surface area contributed by atoms with Crippen LogP contribution in [0.5, 0.6) is 0 Å². The van der Waals surface area contributed by atoms with E-state index in [1.165, 1.54) is 12.1 Å². The fourth-order valence-electron chi connectivity index (χ4n) is 2.38. The van der Waals surface area contributed by atoms with Gasteiger partial charge in [0.15, 0.2) is 0 Å². The Bertz CT molecular complexity index is 453. The molecule has 1 aromatic rings. The van der Waals surface area contributed by atoms with Gasteiger partial charge < -0.3 is 10.6 Å². The molecular formula is C13H16F2N2S. The molecule has 2 rings (SSSR count). The van der Waals surface area contributed by atoms with Crippen LogP contribution < -0.4 is 10.6 Å². The van der Waals surface area contributed by atoms with Crippen molar-refractivity contribution in [2.45, 2.75) is 19.8 Å². The summed E-state index contributed by atoms with van der Waals surface area (Å²) in [7, 11) is 0. The Kier molecular flexibility index (Phi) is 3.80. The molecule has 0 spiro atoms. The number of nitrogens with two attached hydrogens (primary N) is 1. The molecule has 1 heterocycles. The molecule has 1 aliphatic heterocycles. The number of rotatable bonds is 3. The van der Waals surface area contributed by atoms with Crippen molar-refractivity contribution in [2.24, 2.45) is 11.7 Å². The number of hydrogen-bond acceptors (Lipinski definition) is 2. The molecule has 1 atom stereocenters. The van der Waals surface area contributed by atoms with Crippen molar-refractivity contribution in [3.63, 3.8) is 0 Å². The van der Waals surface area contributed by atoms with E-state index in [1.807, 2.05) is 0 Å². The second kappa shape index (κ2) is 5.18. The fourth-order valence-corrected chi connectivity index (χ4v) is 2.50. The quantitative estimate of drug-likeness (QED) is 0.856. The van der Waals surface area contributed by atoms with Gasteiger partial charge in [-0.25, -0.2) is 8.78 Å². The van der Waals surface area contributed by atoms with Crippen LogP contribution in [-0.4, -0.2) is 18.1 Å². The molecule has 0 bridgehead atoms. The molecule has 0 amide bonds. The van der Waals surface area contributed by atoms with E-state index in [0.717, 1.165) is 12.8 Å². The highest BCUT2D eigenvalue weighted by Crippen LogP contribution is 2.30. The highest BCUT2D eigenvalue weighted by molar-refractivity contribution is 7.80. The average Bonchev–Trinajstić information content (AvgIpc) is 2.76. The first-order valence-corrected chi connectivity index (χ1v) is 6.47. The summed E-state index contributed by atoms with van der Waals surface area (Å²) in [6.45, 7) is 3.49. The predicted octanol–water partition coefficient (Wildman–Crippen LogP) is 2.84. The molecule has 0 aromatic heterocycles. The summed E-state index contributed by atoms with van der Waals surface area (Å²) in [5.74, 6) is -0.664. The van der Waals surface area contributed by atoms with Crippen molar-refractivity contribution in [1.82, 2.24) is 0 Å². The van der Waals surface area contributed by atoms with Crippen LogP contribution in [0, 0.1) is 17.6 Å². The molecule has 0 radical (unpaired) electrons. The van der Waals surface area contributed by atoms with E-state index in [4.69, 9.17) is 18.0 Å². The summed E-state index contributed by atoms with van der Waals surface area (Å²) in [5, 5.41) is 0. The second-order valence-electron chi connectivity index (χ2n) is 4.66. The van der Waals surface area contributed by atoms with Gasteiger partial charge in [0, 0.05) is 18.7 Å². The molecule has 0 saturated carbocycles. The summed E-state index contributed by atoms with van der Waals surface area (Å²) in [6.07, 6.45) is 2.01. The van der Waals surface area contributed by atoms with Gasteiger partial charge in [0.1, 0.15) is 22.3 Å². The Balaban J connectivity index is 2.32. The van der Waals surface area contributed by atoms with Crippen molar-refractivity contribution in [3.05, 3.63) is 29.3 Å². The Labute approximate surface area is 111 Å². The Morgan fingerprint density at radius 1 is 1.44 bits per heavy atom. The van der Waals surface area contributed by atoms with Crippen molar-refractivity contribution in [3.8, 4) is 0 Å². The maximum absolute atomic E-state index is 14.0. The maximum Gasteiger partial charge on any atom is 0.150 e. The van der Waals surface area contributed by atoms with Crippen LogP contribution in [0.4, 0.5) is 14.5 Å². The summed E-state index contributed by atoms with van der Waals surface area (Å²) < 4.78 is 27.9. The first kappa shape index (κ1) is 13.2. The molecule has 98 valence electrons. The third-order valence-electron chi connectivity index (χ3n) is 3.48. The predicted molar refractivity (Wildman–Crippen MR) is 72.9 cm³/mol. The van der Waals surface area contributed by atoms with Crippen LogP contribution in [0.25, 0.3) is 0 Å². The lowest BCUT2D eigenvalue weighted by Gasteiger charge is -2.20. The smallest absolute Gasteiger partial charge is 0.150 e. The van der Waals surface area contributed by atoms with Crippen molar-refractivity contribution < 1.29 is 8.78 Å². The maximum atomic E-state index is 14.0. The van der Waals surface area contributed by atoms with Crippen LogP contribution in [0.1, 0.15) is 25.3 Å². The second-order valence-corrected chi connectivity index (χ2v) is 5.10. The van der Waals surface area contributed by atoms with Gasteiger partial charge in [0.05, 0.1) is 0 Å². The van der Waals surface area contributed by atoms with Crippen LogP contribution in [-0.2, 0) is 0 Å². The number of hydrogen-bond donors (Lipinski definition) is 1. The lowest BCUT2D eigenvalue weighted by molar-refractivity contribution is 0.558. The monoisotopic (exact) mass is 270 g/mol. The van der Waals surface area contributed by atoms with Crippen LogP contribution in [0.3, 0.4) is 0 Å². The molecular weight excluding hydrogens is 254 g/mol. The zero-order chi connectivity index (χ0) is 13.3. The Hall–Kier alpha value is -1.23.